The van der Waals surface area contributed by atoms with Gasteiger partial charge in [-0.3, -0.25) is 0 Å². The molecule has 0 saturated carbocycles. The van der Waals surface area contributed by atoms with E-state index in [9.17, 15) is 0 Å². The molecule has 88 valence electrons. The zero-order valence-corrected chi connectivity index (χ0v) is 11.1. The molecule has 0 bridgehead atoms. The molecule has 0 aromatic heterocycles. The predicted octanol–water partition coefficient (Wildman–Crippen LogP) is 4.09. The second-order valence-corrected chi connectivity index (χ2v) is 4.87. The van der Waals surface area contributed by atoms with Gasteiger partial charge < -0.3 is 5.32 Å². The summed E-state index contributed by atoms with van der Waals surface area (Å²) in [5, 5.41) is 4.14. The van der Waals surface area contributed by atoms with E-state index in [1.807, 2.05) is 19.1 Å². The highest BCUT2D eigenvalue weighted by molar-refractivity contribution is 6.30. The van der Waals surface area contributed by atoms with Crippen molar-refractivity contribution in [1.82, 2.24) is 5.32 Å². The van der Waals surface area contributed by atoms with Crippen molar-refractivity contribution in [2.24, 2.45) is 0 Å². The highest BCUT2D eigenvalue weighted by Gasteiger charge is 2.04. The molecule has 2 heteroatoms. The molecule has 0 saturated heterocycles. The number of halogens is 1. The van der Waals surface area contributed by atoms with Crippen molar-refractivity contribution in [3.8, 4) is 0 Å². The third kappa shape index (κ3) is 4.28. The molecule has 0 heterocycles. The Morgan fingerprint density at radius 2 is 2.19 bits per heavy atom. The van der Waals surface area contributed by atoms with E-state index in [2.05, 4.69) is 31.8 Å². The number of benzene rings is 1. The molecule has 1 atom stereocenters. The largest absolute Gasteiger partial charge is 0.387 e. The summed E-state index contributed by atoms with van der Waals surface area (Å²) in [6.07, 6.45) is 2.18. The number of hydrogen-bond acceptors (Lipinski definition) is 1. The van der Waals surface area contributed by atoms with Gasteiger partial charge in [0, 0.05) is 16.8 Å². The highest BCUT2D eigenvalue weighted by Crippen LogP contribution is 2.17. The van der Waals surface area contributed by atoms with Crippen LogP contribution in [0, 0.1) is 6.92 Å². The number of rotatable bonds is 5. The summed E-state index contributed by atoms with van der Waals surface area (Å²) in [5.41, 5.74) is 3.68. The van der Waals surface area contributed by atoms with Crippen molar-refractivity contribution in [3.05, 3.63) is 46.6 Å². The monoisotopic (exact) mass is 237 g/mol. The third-order valence-corrected chi connectivity index (χ3v) is 2.88. The number of allylic oxidation sites excluding steroid dienone is 1. The van der Waals surface area contributed by atoms with E-state index < -0.39 is 0 Å². The SMILES string of the molecule is C=C(C)NC(C)CCc1ccc(Cl)cc1C. The van der Waals surface area contributed by atoms with Gasteiger partial charge in [-0.1, -0.05) is 24.2 Å². The molecule has 0 fully saturated rings. The first-order valence-electron chi connectivity index (χ1n) is 5.66. The normalized spacial score (nSPS) is 12.2. The fourth-order valence-electron chi connectivity index (χ4n) is 1.80. The Labute approximate surface area is 104 Å². The Bertz CT molecular complexity index is 371. The summed E-state index contributed by atoms with van der Waals surface area (Å²) in [5.74, 6) is 0. The van der Waals surface area contributed by atoms with Gasteiger partial charge in [-0.05, 0) is 56.9 Å². The molecule has 1 nitrogen and oxygen atoms in total. The second-order valence-electron chi connectivity index (χ2n) is 4.44. The lowest BCUT2D eigenvalue weighted by atomic mass is 10.0. The maximum atomic E-state index is 5.92. The summed E-state index contributed by atoms with van der Waals surface area (Å²) in [6.45, 7) is 10.1. The Balaban J connectivity index is 2.51. The Kier molecular flexibility index (Phi) is 4.88. The lowest BCUT2D eigenvalue weighted by molar-refractivity contribution is 0.568. The molecule has 16 heavy (non-hydrogen) atoms. The lowest BCUT2D eigenvalue weighted by Gasteiger charge is -2.15. The first kappa shape index (κ1) is 13.1. The fraction of sp³-hybridized carbons (Fsp3) is 0.429. The quantitative estimate of drug-likeness (QED) is 0.813. The standard InChI is InChI=1S/C14H20ClN/c1-10(2)16-12(4)5-6-13-7-8-14(15)9-11(13)3/h7-9,12,16H,1,5-6H2,2-4H3. The Morgan fingerprint density at radius 1 is 1.50 bits per heavy atom. The van der Waals surface area contributed by atoms with E-state index in [1.165, 1.54) is 11.1 Å². The average Bonchev–Trinajstić information content (AvgIpc) is 2.15. The van der Waals surface area contributed by atoms with Crippen LogP contribution in [0.25, 0.3) is 0 Å². The molecule has 0 radical (unpaired) electrons. The zero-order valence-electron chi connectivity index (χ0n) is 10.3. The van der Waals surface area contributed by atoms with Gasteiger partial charge in [0.15, 0.2) is 0 Å². The van der Waals surface area contributed by atoms with Gasteiger partial charge in [-0.25, -0.2) is 0 Å². The van der Waals surface area contributed by atoms with E-state index in [0.717, 1.165) is 23.6 Å². The van der Waals surface area contributed by atoms with Crippen LogP contribution in [-0.4, -0.2) is 6.04 Å². The van der Waals surface area contributed by atoms with Crippen LogP contribution in [-0.2, 0) is 6.42 Å². The molecule has 0 aliphatic carbocycles. The fourth-order valence-corrected chi connectivity index (χ4v) is 2.03. The highest BCUT2D eigenvalue weighted by atomic mass is 35.5. The van der Waals surface area contributed by atoms with E-state index in [4.69, 9.17) is 11.6 Å². The van der Waals surface area contributed by atoms with E-state index in [-0.39, 0.29) is 0 Å². The van der Waals surface area contributed by atoms with Gasteiger partial charge in [0.1, 0.15) is 0 Å². The summed E-state index contributed by atoms with van der Waals surface area (Å²) in [7, 11) is 0. The van der Waals surface area contributed by atoms with Gasteiger partial charge >= 0.3 is 0 Å². The Morgan fingerprint density at radius 3 is 2.75 bits per heavy atom. The minimum absolute atomic E-state index is 0.465. The van der Waals surface area contributed by atoms with Crippen molar-refractivity contribution in [1.29, 1.82) is 0 Å². The minimum atomic E-state index is 0.465. The van der Waals surface area contributed by atoms with Crippen LogP contribution in [0.1, 0.15) is 31.4 Å². The van der Waals surface area contributed by atoms with Crippen molar-refractivity contribution < 1.29 is 0 Å². The van der Waals surface area contributed by atoms with Crippen molar-refractivity contribution >= 4 is 11.6 Å². The Hall–Kier alpha value is -0.950. The molecule has 0 aliphatic rings. The summed E-state index contributed by atoms with van der Waals surface area (Å²) < 4.78 is 0. The molecule has 1 N–H and O–H groups in total. The van der Waals surface area contributed by atoms with Crippen molar-refractivity contribution in [3.63, 3.8) is 0 Å². The van der Waals surface area contributed by atoms with Crippen LogP contribution < -0.4 is 5.32 Å². The van der Waals surface area contributed by atoms with E-state index in [0.29, 0.717) is 6.04 Å². The molecule has 1 aromatic rings. The molecular formula is C14H20ClN. The molecule has 1 unspecified atom stereocenters. The van der Waals surface area contributed by atoms with Crippen LogP contribution in [0.4, 0.5) is 0 Å². The maximum Gasteiger partial charge on any atom is 0.0408 e. The number of nitrogens with one attached hydrogen (secondary N) is 1. The lowest BCUT2D eigenvalue weighted by Crippen LogP contribution is -2.24. The molecule has 0 spiro atoms. The van der Waals surface area contributed by atoms with E-state index >= 15 is 0 Å². The smallest absolute Gasteiger partial charge is 0.0408 e. The predicted molar refractivity (Wildman–Crippen MR) is 71.9 cm³/mol. The minimum Gasteiger partial charge on any atom is -0.387 e. The zero-order chi connectivity index (χ0) is 12.1. The van der Waals surface area contributed by atoms with Crippen LogP contribution in [0.2, 0.25) is 5.02 Å². The first-order valence-corrected chi connectivity index (χ1v) is 6.04. The van der Waals surface area contributed by atoms with Crippen LogP contribution in [0.3, 0.4) is 0 Å². The van der Waals surface area contributed by atoms with Crippen molar-refractivity contribution in [2.45, 2.75) is 39.7 Å². The molecule has 0 aliphatic heterocycles. The van der Waals surface area contributed by atoms with Gasteiger partial charge in [-0.2, -0.15) is 0 Å². The van der Waals surface area contributed by atoms with Crippen molar-refractivity contribution in [2.75, 3.05) is 0 Å². The molecule has 1 aromatic carbocycles. The van der Waals surface area contributed by atoms with Crippen LogP contribution >= 0.6 is 11.6 Å². The molecule has 1 rings (SSSR count). The number of aryl methyl sites for hydroxylation is 2. The van der Waals surface area contributed by atoms with E-state index in [1.54, 1.807) is 0 Å². The molecule has 0 amide bonds. The summed E-state index contributed by atoms with van der Waals surface area (Å²) in [4.78, 5) is 0. The third-order valence-electron chi connectivity index (χ3n) is 2.64. The first-order chi connectivity index (χ1) is 7.49. The van der Waals surface area contributed by atoms with Gasteiger partial charge in [0.2, 0.25) is 0 Å². The summed E-state index contributed by atoms with van der Waals surface area (Å²) >= 11 is 5.92. The second kappa shape index (κ2) is 5.95. The topological polar surface area (TPSA) is 12.0 Å². The number of hydrogen-bond donors (Lipinski definition) is 1. The maximum absolute atomic E-state index is 5.92. The van der Waals surface area contributed by atoms with Crippen LogP contribution in [0.5, 0.6) is 0 Å². The van der Waals surface area contributed by atoms with Gasteiger partial charge in [0.05, 0.1) is 0 Å². The van der Waals surface area contributed by atoms with Gasteiger partial charge in [0.25, 0.3) is 0 Å². The average molecular weight is 238 g/mol. The molecular weight excluding hydrogens is 218 g/mol. The van der Waals surface area contributed by atoms with Gasteiger partial charge in [-0.15, -0.1) is 0 Å². The van der Waals surface area contributed by atoms with Crippen LogP contribution in [0.15, 0.2) is 30.5 Å². The summed E-state index contributed by atoms with van der Waals surface area (Å²) in [6, 6.07) is 6.56.